The summed E-state index contributed by atoms with van der Waals surface area (Å²) in [6, 6.07) is 6.11. The first kappa shape index (κ1) is 14.1. The molecule has 0 atom stereocenters. The number of piperazine rings is 1. The van der Waals surface area contributed by atoms with Crippen molar-refractivity contribution >= 4 is 17.5 Å². The largest absolute Gasteiger partial charge is 0.368 e. The van der Waals surface area contributed by atoms with Crippen molar-refractivity contribution in [1.82, 2.24) is 9.80 Å². The molecule has 1 aromatic carbocycles. The molecular formula is C16H21N3O2. The normalized spacial score (nSPS) is 19.6. The lowest BCUT2D eigenvalue weighted by molar-refractivity contribution is 0.0693. The highest BCUT2D eigenvalue weighted by Gasteiger charge is 2.36. The minimum Gasteiger partial charge on any atom is -0.368 e. The minimum atomic E-state index is -0.197. The molecule has 0 aromatic heterocycles. The highest BCUT2D eigenvalue weighted by atomic mass is 16.2. The molecule has 0 bridgehead atoms. The summed E-state index contributed by atoms with van der Waals surface area (Å²) < 4.78 is 0. The summed E-state index contributed by atoms with van der Waals surface area (Å²) in [5.74, 6) is -0.380. The molecule has 5 heteroatoms. The van der Waals surface area contributed by atoms with Crippen LogP contribution in [0.3, 0.4) is 0 Å². The number of amides is 2. The number of carbonyl (C=O) groups excluding carboxylic acids is 2. The Bertz CT molecular complexity index is 589. The van der Waals surface area contributed by atoms with Crippen molar-refractivity contribution in [3.05, 3.63) is 29.3 Å². The Labute approximate surface area is 125 Å². The Balaban J connectivity index is 1.89. The van der Waals surface area contributed by atoms with Gasteiger partial charge in [0.15, 0.2) is 0 Å². The number of hydrogen-bond acceptors (Lipinski definition) is 4. The second-order valence-corrected chi connectivity index (χ2v) is 5.99. The van der Waals surface area contributed by atoms with Crippen molar-refractivity contribution in [3.8, 4) is 0 Å². The zero-order valence-corrected chi connectivity index (χ0v) is 12.8. The topological polar surface area (TPSA) is 43.9 Å². The lowest BCUT2D eigenvalue weighted by atomic mass is 10.1. The van der Waals surface area contributed by atoms with Crippen molar-refractivity contribution in [1.29, 1.82) is 0 Å². The van der Waals surface area contributed by atoms with Gasteiger partial charge in [0.2, 0.25) is 0 Å². The summed E-state index contributed by atoms with van der Waals surface area (Å²) in [5.41, 5.74) is 2.01. The zero-order valence-electron chi connectivity index (χ0n) is 12.8. The van der Waals surface area contributed by atoms with E-state index in [0.29, 0.717) is 17.2 Å². The average molecular weight is 287 g/mol. The number of carbonyl (C=O) groups is 2. The summed E-state index contributed by atoms with van der Waals surface area (Å²) in [6.45, 7) is 8.15. The summed E-state index contributed by atoms with van der Waals surface area (Å²) in [5, 5.41) is 0. The van der Waals surface area contributed by atoms with E-state index in [-0.39, 0.29) is 11.8 Å². The highest BCUT2D eigenvalue weighted by Crippen LogP contribution is 2.31. The summed E-state index contributed by atoms with van der Waals surface area (Å²) in [4.78, 5) is 30.2. The second-order valence-electron chi connectivity index (χ2n) is 5.99. The molecule has 0 unspecified atom stereocenters. The first-order valence-corrected chi connectivity index (χ1v) is 7.45. The van der Waals surface area contributed by atoms with Gasteiger partial charge < -0.3 is 4.90 Å². The monoisotopic (exact) mass is 287 g/mol. The molecule has 0 N–H and O–H groups in total. The standard InChI is InChI=1S/C16H21N3O2/c1-11(2)18-7-9-19(10-8-18)13-6-4-5-12-14(13)16(21)17(3)15(12)20/h4-6,11H,7-10H2,1-3H3. The second kappa shape index (κ2) is 5.15. The number of rotatable bonds is 2. The molecule has 5 nitrogen and oxygen atoms in total. The molecule has 112 valence electrons. The fraction of sp³-hybridized carbons (Fsp3) is 0.500. The van der Waals surface area contributed by atoms with Gasteiger partial charge in [0.25, 0.3) is 11.8 Å². The maximum absolute atomic E-state index is 12.3. The van der Waals surface area contributed by atoms with Gasteiger partial charge in [-0.3, -0.25) is 19.4 Å². The predicted molar refractivity (Wildman–Crippen MR) is 81.8 cm³/mol. The molecule has 0 aliphatic carbocycles. The van der Waals surface area contributed by atoms with Crippen molar-refractivity contribution in [2.75, 3.05) is 38.1 Å². The molecule has 1 aromatic rings. The van der Waals surface area contributed by atoms with Crippen LogP contribution in [0.4, 0.5) is 5.69 Å². The van der Waals surface area contributed by atoms with Crippen molar-refractivity contribution in [2.45, 2.75) is 19.9 Å². The maximum atomic E-state index is 12.3. The Kier molecular flexibility index (Phi) is 3.45. The van der Waals surface area contributed by atoms with Gasteiger partial charge in [-0.25, -0.2) is 0 Å². The predicted octanol–water partition coefficient (Wildman–Crippen LogP) is 1.44. The van der Waals surface area contributed by atoms with Crippen LogP contribution in [0.15, 0.2) is 18.2 Å². The number of imide groups is 1. The molecule has 0 saturated carbocycles. The van der Waals surface area contributed by atoms with Crippen LogP contribution < -0.4 is 4.90 Å². The van der Waals surface area contributed by atoms with E-state index in [9.17, 15) is 9.59 Å². The third kappa shape index (κ3) is 2.21. The summed E-state index contributed by atoms with van der Waals surface area (Å²) >= 11 is 0. The third-order valence-corrected chi connectivity index (χ3v) is 4.48. The lowest BCUT2D eigenvalue weighted by Crippen LogP contribution is -2.49. The van der Waals surface area contributed by atoms with Gasteiger partial charge >= 0.3 is 0 Å². The average Bonchev–Trinajstić information content (AvgIpc) is 2.72. The minimum absolute atomic E-state index is 0.183. The van der Waals surface area contributed by atoms with E-state index in [1.54, 1.807) is 13.1 Å². The molecule has 3 rings (SSSR count). The Morgan fingerprint density at radius 2 is 1.67 bits per heavy atom. The van der Waals surface area contributed by atoms with E-state index in [1.807, 2.05) is 12.1 Å². The smallest absolute Gasteiger partial charge is 0.263 e. The van der Waals surface area contributed by atoms with Crippen LogP contribution in [0.1, 0.15) is 34.6 Å². The Morgan fingerprint density at radius 3 is 2.29 bits per heavy atom. The van der Waals surface area contributed by atoms with Crippen LogP contribution in [0, 0.1) is 0 Å². The SMILES string of the molecule is CC(C)N1CCN(c2cccc3c2C(=O)N(C)C3=O)CC1. The molecule has 2 amide bonds. The van der Waals surface area contributed by atoms with Crippen LogP contribution in [0.25, 0.3) is 0 Å². The van der Waals surface area contributed by atoms with Crippen LogP contribution in [-0.4, -0.2) is 60.9 Å². The molecule has 21 heavy (non-hydrogen) atoms. The lowest BCUT2D eigenvalue weighted by Gasteiger charge is -2.38. The number of anilines is 1. The quantitative estimate of drug-likeness (QED) is 0.772. The first-order chi connectivity index (χ1) is 10.0. The van der Waals surface area contributed by atoms with Crippen LogP contribution >= 0.6 is 0 Å². The van der Waals surface area contributed by atoms with Gasteiger partial charge in [-0.1, -0.05) is 6.07 Å². The first-order valence-electron chi connectivity index (χ1n) is 7.45. The van der Waals surface area contributed by atoms with Gasteiger partial charge in [0.05, 0.1) is 16.8 Å². The third-order valence-electron chi connectivity index (χ3n) is 4.48. The fourth-order valence-corrected chi connectivity index (χ4v) is 3.13. The van der Waals surface area contributed by atoms with Crippen LogP contribution in [0.5, 0.6) is 0 Å². The van der Waals surface area contributed by atoms with E-state index >= 15 is 0 Å². The molecule has 1 fully saturated rings. The van der Waals surface area contributed by atoms with E-state index in [4.69, 9.17) is 0 Å². The van der Waals surface area contributed by atoms with Gasteiger partial charge in [-0.2, -0.15) is 0 Å². The maximum Gasteiger partial charge on any atom is 0.263 e. The van der Waals surface area contributed by atoms with E-state index in [2.05, 4.69) is 23.6 Å². The summed E-state index contributed by atoms with van der Waals surface area (Å²) in [7, 11) is 1.55. The molecular weight excluding hydrogens is 266 g/mol. The fourth-order valence-electron chi connectivity index (χ4n) is 3.13. The molecule has 0 radical (unpaired) electrons. The Hall–Kier alpha value is -1.88. The van der Waals surface area contributed by atoms with Crippen molar-refractivity contribution < 1.29 is 9.59 Å². The number of fused-ring (bicyclic) bond motifs is 1. The van der Waals surface area contributed by atoms with Gasteiger partial charge in [0.1, 0.15) is 0 Å². The molecule has 2 aliphatic heterocycles. The van der Waals surface area contributed by atoms with Gasteiger partial charge in [0, 0.05) is 39.3 Å². The molecule has 2 aliphatic rings. The van der Waals surface area contributed by atoms with Crippen LogP contribution in [0.2, 0.25) is 0 Å². The van der Waals surface area contributed by atoms with Gasteiger partial charge in [-0.05, 0) is 26.0 Å². The molecule has 1 saturated heterocycles. The Morgan fingerprint density at radius 1 is 1.00 bits per heavy atom. The highest BCUT2D eigenvalue weighted by molar-refractivity contribution is 6.23. The van der Waals surface area contributed by atoms with Crippen molar-refractivity contribution in [2.24, 2.45) is 0 Å². The number of benzene rings is 1. The molecule has 2 heterocycles. The number of hydrogen-bond donors (Lipinski definition) is 0. The van der Waals surface area contributed by atoms with E-state index < -0.39 is 0 Å². The molecule has 0 spiro atoms. The van der Waals surface area contributed by atoms with E-state index in [1.165, 1.54) is 4.90 Å². The zero-order chi connectivity index (χ0) is 15.1. The summed E-state index contributed by atoms with van der Waals surface area (Å²) in [6.07, 6.45) is 0. The van der Waals surface area contributed by atoms with Crippen LogP contribution in [-0.2, 0) is 0 Å². The van der Waals surface area contributed by atoms with Crippen molar-refractivity contribution in [3.63, 3.8) is 0 Å². The van der Waals surface area contributed by atoms with E-state index in [0.717, 1.165) is 31.9 Å². The van der Waals surface area contributed by atoms with Gasteiger partial charge in [-0.15, -0.1) is 0 Å². The number of nitrogens with zero attached hydrogens (tertiary/aromatic N) is 3.